The third-order valence-corrected chi connectivity index (χ3v) is 3.50. The normalized spacial score (nSPS) is 11.5. The fraction of sp³-hybridized carbons (Fsp3) is 0.125. The first-order valence-electron chi connectivity index (χ1n) is 6.84. The van der Waals surface area contributed by atoms with E-state index in [0.717, 1.165) is 12.1 Å². The molecule has 0 bridgehead atoms. The summed E-state index contributed by atoms with van der Waals surface area (Å²) in [7, 11) is 0. The summed E-state index contributed by atoms with van der Waals surface area (Å²) in [5.41, 5.74) is 4.63. The van der Waals surface area contributed by atoms with Gasteiger partial charge in [0.1, 0.15) is 11.6 Å². The minimum absolute atomic E-state index is 0.200. The third-order valence-electron chi connectivity index (χ3n) is 2.97. The Bertz CT molecular complexity index is 753. The molecule has 2 amide bonds. The van der Waals surface area contributed by atoms with Crippen molar-refractivity contribution in [1.29, 1.82) is 0 Å². The molecule has 1 atom stereocenters. The Morgan fingerprint density at radius 2 is 1.75 bits per heavy atom. The maximum absolute atomic E-state index is 12.8. The lowest BCUT2D eigenvalue weighted by Crippen LogP contribution is -2.47. The Labute approximate surface area is 147 Å². The van der Waals surface area contributed by atoms with Crippen LogP contribution in [0.5, 0.6) is 5.75 Å². The van der Waals surface area contributed by atoms with Gasteiger partial charge in [-0.3, -0.25) is 20.4 Å². The van der Waals surface area contributed by atoms with Crippen LogP contribution in [0, 0.1) is 5.82 Å². The largest absolute Gasteiger partial charge is 0.479 e. The molecule has 2 N–H and O–H groups in total. The second-order valence-electron chi connectivity index (χ2n) is 4.79. The zero-order valence-electron chi connectivity index (χ0n) is 12.5. The van der Waals surface area contributed by atoms with Gasteiger partial charge in [-0.1, -0.05) is 23.2 Å². The van der Waals surface area contributed by atoms with Crippen molar-refractivity contribution in [2.45, 2.75) is 13.0 Å². The Hall–Kier alpha value is -2.31. The number of halogens is 3. The number of amides is 2. The Morgan fingerprint density at radius 3 is 2.38 bits per heavy atom. The highest BCUT2D eigenvalue weighted by Gasteiger charge is 2.17. The smallest absolute Gasteiger partial charge is 0.279 e. The van der Waals surface area contributed by atoms with Crippen molar-refractivity contribution in [3.8, 4) is 5.75 Å². The number of ether oxygens (including phenoxy) is 1. The molecule has 0 radical (unpaired) electrons. The average Bonchev–Trinajstić information content (AvgIpc) is 2.55. The summed E-state index contributed by atoms with van der Waals surface area (Å²) < 4.78 is 18.2. The monoisotopic (exact) mass is 370 g/mol. The van der Waals surface area contributed by atoms with Gasteiger partial charge in [0.2, 0.25) is 0 Å². The molecular formula is C16H13Cl2FN2O3. The Balaban J connectivity index is 1.89. The van der Waals surface area contributed by atoms with Gasteiger partial charge in [-0.2, -0.15) is 0 Å². The zero-order valence-corrected chi connectivity index (χ0v) is 14.0. The van der Waals surface area contributed by atoms with Gasteiger partial charge in [-0.15, -0.1) is 0 Å². The fourth-order valence-electron chi connectivity index (χ4n) is 1.71. The van der Waals surface area contributed by atoms with Crippen LogP contribution in [0.2, 0.25) is 10.0 Å². The van der Waals surface area contributed by atoms with Crippen molar-refractivity contribution in [2.75, 3.05) is 0 Å². The molecule has 0 fully saturated rings. The van der Waals surface area contributed by atoms with Crippen molar-refractivity contribution < 1.29 is 18.7 Å². The zero-order chi connectivity index (χ0) is 17.7. The van der Waals surface area contributed by atoms with E-state index in [1.807, 2.05) is 0 Å². The predicted octanol–water partition coefficient (Wildman–Crippen LogP) is 3.36. The van der Waals surface area contributed by atoms with E-state index in [-0.39, 0.29) is 16.3 Å². The van der Waals surface area contributed by atoms with Gasteiger partial charge in [0.05, 0.1) is 5.02 Å². The van der Waals surface area contributed by atoms with Crippen LogP contribution in [0.4, 0.5) is 4.39 Å². The number of nitrogens with one attached hydrogen (secondary N) is 2. The summed E-state index contributed by atoms with van der Waals surface area (Å²) in [6.07, 6.45) is -0.919. The van der Waals surface area contributed by atoms with E-state index in [9.17, 15) is 14.0 Å². The highest BCUT2D eigenvalue weighted by atomic mass is 35.5. The average molecular weight is 371 g/mol. The molecule has 5 nitrogen and oxygen atoms in total. The maximum Gasteiger partial charge on any atom is 0.279 e. The molecule has 0 saturated carbocycles. The van der Waals surface area contributed by atoms with E-state index >= 15 is 0 Å². The quantitative estimate of drug-likeness (QED) is 0.810. The van der Waals surface area contributed by atoms with Crippen molar-refractivity contribution in [3.63, 3.8) is 0 Å². The van der Waals surface area contributed by atoms with Gasteiger partial charge < -0.3 is 4.74 Å². The minimum Gasteiger partial charge on any atom is -0.479 e. The first-order chi connectivity index (χ1) is 11.4. The standard InChI is InChI=1S/C16H13Cl2FN2O3/c1-9(24-14-7-4-11(17)8-13(14)18)15(22)20-21-16(23)10-2-5-12(19)6-3-10/h2-9H,1H3,(H,20,22)(H,21,23)/t9-/m0/s1. The van der Waals surface area contributed by atoms with E-state index in [1.165, 1.54) is 31.2 Å². The van der Waals surface area contributed by atoms with Crippen LogP contribution < -0.4 is 15.6 Å². The van der Waals surface area contributed by atoms with Crippen LogP contribution in [0.15, 0.2) is 42.5 Å². The SMILES string of the molecule is C[C@H](Oc1ccc(Cl)cc1Cl)C(=O)NNC(=O)c1ccc(F)cc1. The first kappa shape index (κ1) is 18.0. The molecule has 0 aromatic heterocycles. The highest BCUT2D eigenvalue weighted by molar-refractivity contribution is 6.35. The van der Waals surface area contributed by atoms with Crippen LogP contribution in [0.3, 0.4) is 0 Å². The lowest BCUT2D eigenvalue weighted by Gasteiger charge is -2.16. The second-order valence-corrected chi connectivity index (χ2v) is 5.63. The molecule has 0 aliphatic carbocycles. The van der Waals surface area contributed by atoms with E-state index in [1.54, 1.807) is 6.07 Å². The lowest BCUT2D eigenvalue weighted by atomic mass is 10.2. The molecule has 126 valence electrons. The predicted molar refractivity (Wildman–Crippen MR) is 88.6 cm³/mol. The number of hydrogen-bond acceptors (Lipinski definition) is 3. The van der Waals surface area contributed by atoms with Crippen LogP contribution in [-0.4, -0.2) is 17.9 Å². The summed E-state index contributed by atoms with van der Waals surface area (Å²) >= 11 is 11.7. The molecule has 0 aliphatic rings. The van der Waals surface area contributed by atoms with Gasteiger partial charge in [0.25, 0.3) is 11.8 Å². The van der Waals surface area contributed by atoms with Gasteiger partial charge >= 0.3 is 0 Å². The number of hydrazine groups is 1. The van der Waals surface area contributed by atoms with E-state index in [0.29, 0.717) is 5.02 Å². The molecule has 2 rings (SSSR count). The van der Waals surface area contributed by atoms with E-state index in [4.69, 9.17) is 27.9 Å². The van der Waals surface area contributed by atoms with Crippen molar-refractivity contribution in [3.05, 3.63) is 63.9 Å². The number of carbonyl (C=O) groups is 2. The van der Waals surface area contributed by atoms with Crippen LogP contribution in [0.1, 0.15) is 17.3 Å². The molecule has 24 heavy (non-hydrogen) atoms. The van der Waals surface area contributed by atoms with Crippen LogP contribution in [-0.2, 0) is 4.79 Å². The summed E-state index contributed by atoms with van der Waals surface area (Å²) in [5, 5.41) is 0.702. The van der Waals surface area contributed by atoms with E-state index in [2.05, 4.69) is 10.9 Å². The third kappa shape index (κ3) is 4.84. The molecule has 0 saturated heterocycles. The summed E-state index contributed by atoms with van der Waals surface area (Å²) in [6, 6.07) is 9.47. The summed E-state index contributed by atoms with van der Waals surface area (Å²) in [4.78, 5) is 23.7. The van der Waals surface area contributed by atoms with Gasteiger partial charge in [0, 0.05) is 10.6 Å². The van der Waals surface area contributed by atoms with Crippen LogP contribution >= 0.6 is 23.2 Å². The van der Waals surface area contributed by atoms with Gasteiger partial charge in [0.15, 0.2) is 6.10 Å². The summed E-state index contributed by atoms with van der Waals surface area (Å²) in [6.45, 7) is 1.49. The second kappa shape index (κ2) is 7.99. The molecule has 0 spiro atoms. The summed E-state index contributed by atoms with van der Waals surface area (Å²) in [5.74, 6) is -1.34. The first-order valence-corrected chi connectivity index (χ1v) is 7.60. The molecule has 0 aliphatic heterocycles. The van der Waals surface area contributed by atoms with Crippen molar-refractivity contribution >= 4 is 35.0 Å². The molecule has 8 heteroatoms. The fourth-order valence-corrected chi connectivity index (χ4v) is 2.16. The van der Waals surface area contributed by atoms with Crippen LogP contribution in [0.25, 0.3) is 0 Å². The molecule has 2 aromatic rings. The van der Waals surface area contributed by atoms with E-state index < -0.39 is 23.7 Å². The number of carbonyl (C=O) groups excluding carboxylic acids is 2. The minimum atomic E-state index is -0.919. The van der Waals surface area contributed by atoms with Gasteiger partial charge in [-0.25, -0.2) is 4.39 Å². The molecule has 0 unspecified atom stereocenters. The van der Waals surface area contributed by atoms with Crippen molar-refractivity contribution in [2.24, 2.45) is 0 Å². The number of hydrogen-bond donors (Lipinski definition) is 2. The Morgan fingerprint density at radius 1 is 1.08 bits per heavy atom. The van der Waals surface area contributed by atoms with Crippen molar-refractivity contribution in [1.82, 2.24) is 10.9 Å². The maximum atomic E-state index is 12.8. The molecule has 0 heterocycles. The highest BCUT2D eigenvalue weighted by Crippen LogP contribution is 2.28. The number of rotatable bonds is 4. The Kier molecular flexibility index (Phi) is 6.00. The topological polar surface area (TPSA) is 67.4 Å². The lowest BCUT2D eigenvalue weighted by molar-refractivity contribution is -0.128. The molecule has 2 aromatic carbocycles. The molecular weight excluding hydrogens is 358 g/mol. The number of benzene rings is 2. The van der Waals surface area contributed by atoms with Gasteiger partial charge in [-0.05, 0) is 49.4 Å².